The molecule has 0 radical (unpaired) electrons. The van der Waals surface area contributed by atoms with Crippen molar-refractivity contribution in [3.63, 3.8) is 0 Å². The Morgan fingerprint density at radius 1 is 1.19 bits per heavy atom. The summed E-state index contributed by atoms with van der Waals surface area (Å²) in [6.07, 6.45) is 0.509. The van der Waals surface area contributed by atoms with Crippen molar-refractivity contribution in [2.75, 3.05) is 11.4 Å². The predicted octanol–water partition coefficient (Wildman–Crippen LogP) is 2.17. The zero-order valence-electron chi connectivity index (χ0n) is 15.7. The molecule has 7 heteroatoms. The van der Waals surface area contributed by atoms with Crippen molar-refractivity contribution in [1.29, 1.82) is 0 Å². The summed E-state index contributed by atoms with van der Waals surface area (Å²) in [5, 5.41) is 0. The quantitative estimate of drug-likeness (QED) is 0.559. The van der Waals surface area contributed by atoms with Gasteiger partial charge in [0.05, 0.1) is 5.69 Å². The van der Waals surface area contributed by atoms with E-state index in [1.54, 1.807) is 45.0 Å². The first-order chi connectivity index (χ1) is 12.7. The number of hydrogen-bond donors (Lipinski definition) is 0. The van der Waals surface area contributed by atoms with Crippen molar-refractivity contribution in [1.82, 2.24) is 4.90 Å². The molecule has 142 valence electrons. The predicted molar refractivity (Wildman–Crippen MR) is 96.2 cm³/mol. The number of carbonyl (C=O) groups is 4. The van der Waals surface area contributed by atoms with Gasteiger partial charge in [-0.05, 0) is 38.8 Å². The minimum atomic E-state index is -1.49. The smallest absolute Gasteiger partial charge is 0.412 e. The Kier molecular flexibility index (Phi) is 3.54. The number of ketones is 1. The third-order valence-corrected chi connectivity index (χ3v) is 5.69. The summed E-state index contributed by atoms with van der Waals surface area (Å²) in [5.41, 5.74) is -2.50. The molecule has 3 heterocycles. The topological polar surface area (TPSA) is 84.0 Å². The van der Waals surface area contributed by atoms with Gasteiger partial charge in [-0.15, -0.1) is 0 Å². The maximum Gasteiger partial charge on any atom is 0.412 e. The van der Waals surface area contributed by atoms with Crippen LogP contribution in [0.2, 0.25) is 0 Å². The SMILES string of the molecule is CC(C)(C)OC(=O)N1CC[C@]2(C=O)C(=O)[C@]13CCC(=O)N3c1ccccc12. The van der Waals surface area contributed by atoms with Gasteiger partial charge in [0.15, 0.2) is 11.4 Å². The van der Waals surface area contributed by atoms with E-state index in [2.05, 4.69) is 0 Å². The summed E-state index contributed by atoms with van der Waals surface area (Å²) in [4.78, 5) is 54.3. The Bertz CT molecular complexity index is 873. The van der Waals surface area contributed by atoms with E-state index < -0.39 is 28.6 Å². The number of piperidine rings is 1. The van der Waals surface area contributed by atoms with E-state index in [1.165, 1.54) is 9.80 Å². The molecule has 2 atom stereocenters. The van der Waals surface area contributed by atoms with Crippen LogP contribution >= 0.6 is 0 Å². The molecular formula is C20H22N2O5. The van der Waals surface area contributed by atoms with Crippen molar-refractivity contribution in [2.45, 2.75) is 56.7 Å². The first-order valence-electron chi connectivity index (χ1n) is 9.12. The Labute approximate surface area is 157 Å². The first kappa shape index (κ1) is 17.7. The van der Waals surface area contributed by atoms with Crippen LogP contribution in [0, 0.1) is 0 Å². The molecular weight excluding hydrogens is 348 g/mol. The molecule has 2 fully saturated rings. The molecule has 1 spiro atoms. The van der Waals surface area contributed by atoms with Crippen LogP contribution in [0.4, 0.5) is 10.5 Å². The second-order valence-corrected chi connectivity index (χ2v) is 8.36. The highest BCUT2D eigenvalue weighted by Gasteiger charge is 2.69. The number of nitrogens with zero attached hydrogens (tertiary/aromatic N) is 2. The summed E-state index contributed by atoms with van der Waals surface area (Å²) in [6, 6.07) is 6.97. The largest absolute Gasteiger partial charge is 0.444 e. The van der Waals surface area contributed by atoms with Gasteiger partial charge in [0.25, 0.3) is 0 Å². The van der Waals surface area contributed by atoms with E-state index in [0.717, 1.165) is 0 Å². The fourth-order valence-corrected chi connectivity index (χ4v) is 4.62. The highest BCUT2D eigenvalue weighted by Crippen LogP contribution is 2.54. The Morgan fingerprint density at radius 3 is 2.56 bits per heavy atom. The van der Waals surface area contributed by atoms with Gasteiger partial charge in [0.2, 0.25) is 5.91 Å². The number of hydrogen-bond acceptors (Lipinski definition) is 5. The van der Waals surface area contributed by atoms with E-state index in [1.807, 2.05) is 0 Å². The van der Waals surface area contributed by atoms with Crippen LogP contribution in [0.5, 0.6) is 0 Å². The van der Waals surface area contributed by atoms with Gasteiger partial charge in [-0.25, -0.2) is 4.79 Å². The molecule has 0 N–H and O–H groups in total. The van der Waals surface area contributed by atoms with Crippen LogP contribution in [0.3, 0.4) is 0 Å². The number of para-hydroxylation sites is 1. The molecule has 2 bridgehead atoms. The lowest BCUT2D eigenvalue weighted by atomic mass is 9.64. The minimum Gasteiger partial charge on any atom is -0.444 e. The van der Waals surface area contributed by atoms with Gasteiger partial charge in [0, 0.05) is 19.4 Å². The molecule has 2 saturated heterocycles. The van der Waals surface area contributed by atoms with Crippen molar-refractivity contribution in [2.24, 2.45) is 0 Å². The summed E-state index contributed by atoms with van der Waals surface area (Å²) in [7, 11) is 0. The number of likely N-dealkylation sites (tertiary alicyclic amines) is 1. The number of aldehydes is 1. The number of ether oxygens (including phenoxy) is 1. The number of carbonyl (C=O) groups excluding carboxylic acids is 4. The molecule has 1 aromatic carbocycles. The Morgan fingerprint density at radius 2 is 1.89 bits per heavy atom. The second-order valence-electron chi connectivity index (χ2n) is 8.36. The van der Waals surface area contributed by atoms with Crippen LogP contribution in [-0.4, -0.2) is 46.8 Å². The molecule has 7 nitrogen and oxygen atoms in total. The summed E-state index contributed by atoms with van der Waals surface area (Å²) in [5.74, 6) is -0.641. The van der Waals surface area contributed by atoms with E-state index in [4.69, 9.17) is 4.74 Å². The molecule has 27 heavy (non-hydrogen) atoms. The summed E-state index contributed by atoms with van der Waals surface area (Å²) < 4.78 is 5.52. The number of benzene rings is 1. The molecule has 0 aromatic heterocycles. The number of fused-ring (bicyclic) bond motifs is 4. The van der Waals surface area contributed by atoms with Crippen LogP contribution in [0.25, 0.3) is 0 Å². The number of Topliss-reactive ketones (excluding diaryl/α,β-unsaturated/α-hetero) is 1. The Balaban J connectivity index is 1.93. The maximum atomic E-state index is 13.7. The molecule has 1 aromatic rings. The fraction of sp³-hybridized carbons (Fsp3) is 0.500. The Hall–Kier alpha value is -2.70. The zero-order valence-corrected chi connectivity index (χ0v) is 15.7. The lowest BCUT2D eigenvalue weighted by Crippen LogP contribution is -2.75. The first-order valence-corrected chi connectivity index (χ1v) is 9.12. The standard InChI is InChI=1S/C20H22N2O5/c1-18(2,3)27-17(26)21-11-10-19(12-23)13-6-4-5-7-14(13)22-15(24)8-9-20(21,22)16(19)25/h4-7,12H,8-11H2,1-3H3/t19-,20-/m1/s1. The molecule has 0 saturated carbocycles. The molecule has 4 rings (SSSR count). The third-order valence-electron chi connectivity index (χ3n) is 5.69. The zero-order chi connectivity index (χ0) is 19.6. The van der Waals surface area contributed by atoms with Gasteiger partial charge in [-0.2, -0.15) is 0 Å². The monoisotopic (exact) mass is 370 g/mol. The fourth-order valence-electron chi connectivity index (χ4n) is 4.62. The number of rotatable bonds is 1. The van der Waals surface area contributed by atoms with Gasteiger partial charge in [-0.3, -0.25) is 19.4 Å². The minimum absolute atomic E-state index is 0.133. The average molecular weight is 370 g/mol. The van der Waals surface area contributed by atoms with Crippen LogP contribution in [0.1, 0.15) is 45.6 Å². The van der Waals surface area contributed by atoms with E-state index >= 15 is 0 Å². The third kappa shape index (κ3) is 2.14. The lowest BCUT2D eigenvalue weighted by Gasteiger charge is -2.56. The highest BCUT2D eigenvalue weighted by atomic mass is 16.6. The molecule has 3 aliphatic heterocycles. The van der Waals surface area contributed by atoms with Gasteiger partial charge in [0.1, 0.15) is 17.3 Å². The number of anilines is 1. The van der Waals surface area contributed by atoms with Crippen LogP contribution < -0.4 is 4.90 Å². The summed E-state index contributed by atoms with van der Waals surface area (Å²) in [6.45, 7) is 5.41. The van der Waals surface area contributed by atoms with Gasteiger partial charge >= 0.3 is 6.09 Å². The van der Waals surface area contributed by atoms with Crippen LogP contribution in [0.15, 0.2) is 24.3 Å². The van der Waals surface area contributed by atoms with E-state index in [9.17, 15) is 19.2 Å². The van der Waals surface area contributed by atoms with Gasteiger partial charge in [-0.1, -0.05) is 18.2 Å². The van der Waals surface area contributed by atoms with Crippen molar-refractivity contribution in [3.8, 4) is 0 Å². The highest BCUT2D eigenvalue weighted by molar-refractivity contribution is 6.21. The lowest BCUT2D eigenvalue weighted by molar-refractivity contribution is -0.147. The molecule has 3 aliphatic rings. The normalized spacial score (nSPS) is 29.3. The molecule has 0 unspecified atom stereocenters. The van der Waals surface area contributed by atoms with Crippen molar-refractivity contribution < 1.29 is 23.9 Å². The van der Waals surface area contributed by atoms with Gasteiger partial charge < -0.3 is 9.53 Å². The molecule has 0 aliphatic carbocycles. The maximum absolute atomic E-state index is 13.7. The average Bonchev–Trinajstić information content (AvgIpc) is 2.93. The summed E-state index contributed by atoms with van der Waals surface area (Å²) >= 11 is 0. The van der Waals surface area contributed by atoms with Crippen molar-refractivity contribution >= 4 is 29.8 Å². The van der Waals surface area contributed by atoms with Crippen LogP contribution in [-0.2, 0) is 24.5 Å². The second kappa shape index (κ2) is 5.41. The molecule has 2 amide bonds. The number of amides is 2. The van der Waals surface area contributed by atoms with E-state index in [0.29, 0.717) is 17.5 Å². The van der Waals surface area contributed by atoms with Crippen molar-refractivity contribution in [3.05, 3.63) is 29.8 Å². The van der Waals surface area contributed by atoms with E-state index in [-0.39, 0.29) is 31.7 Å².